The molecule has 2 aliphatic carbocycles. The molecule has 2 amide bonds. The summed E-state index contributed by atoms with van der Waals surface area (Å²) in [5, 5.41) is 21.3. The highest BCUT2D eigenvalue weighted by Gasteiger charge is 2.32. The van der Waals surface area contributed by atoms with Crippen LogP contribution >= 0.6 is 0 Å². The van der Waals surface area contributed by atoms with E-state index in [4.69, 9.17) is 5.21 Å². The van der Waals surface area contributed by atoms with Gasteiger partial charge < -0.3 is 15.8 Å². The van der Waals surface area contributed by atoms with E-state index in [1.807, 2.05) is 6.92 Å². The Bertz CT molecular complexity index is 504. The summed E-state index contributed by atoms with van der Waals surface area (Å²) in [6.45, 7) is 2.00. The quantitative estimate of drug-likeness (QED) is 0.403. The molecule has 3 atom stereocenters. The van der Waals surface area contributed by atoms with Crippen molar-refractivity contribution in [2.24, 2.45) is 11.8 Å². The molecule has 154 valence electrons. The van der Waals surface area contributed by atoms with E-state index in [1.54, 1.807) is 0 Å². The summed E-state index contributed by atoms with van der Waals surface area (Å²) in [6.07, 6.45) is 9.36. The molecule has 3 rings (SSSR count). The molecule has 8 heteroatoms. The van der Waals surface area contributed by atoms with Gasteiger partial charge in [-0.25, -0.2) is 4.79 Å². The molecule has 0 bridgehead atoms. The van der Waals surface area contributed by atoms with Crippen LogP contribution in [0.1, 0.15) is 71.1 Å². The van der Waals surface area contributed by atoms with Crippen LogP contribution in [-0.4, -0.2) is 41.6 Å². The van der Waals surface area contributed by atoms with Crippen molar-refractivity contribution in [2.75, 3.05) is 0 Å². The van der Waals surface area contributed by atoms with Gasteiger partial charge in [0, 0.05) is 23.9 Å². The van der Waals surface area contributed by atoms with Gasteiger partial charge in [-0.05, 0) is 51.9 Å². The number of hydroxylamine groups is 1. The maximum Gasteiger partial charge on any atom is 0.317 e. The average Bonchev–Trinajstić information content (AvgIpc) is 2.68. The fourth-order valence-corrected chi connectivity index (χ4v) is 4.80. The van der Waals surface area contributed by atoms with Crippen LogP contribution in [0.15, 0.2) is 0 Å². The Morgan fingerprint density at radius 2 is 1.56 bits per heavy atom. The van der Waals surface area contributed by atoms with Gasteiger partial charge in [-0.2, -0.15) is 5.48 Å². The van der Waals surface area contributed by atoms with Crippen molar-refractivity contribution in [1.29, 1.82) is 0 Å². The van der Waals surface area contributed by atoms with E-state index in [0.717, 1.165) is 44.9 Å². The highest BCUT2D eigenvalue weighted by atomic mass is 16.5. The normalized spacial score (nSPS) is 35.4. The minimum Gasteiger partial charge on any atom is -0.335 e. The summed E-state index contributed by atoms with van der Waals surface area (Å²) in [5.74, 6) is 0.952. The molecule has 3 aliphatic rings. The molecule has 0 aromatic carbocycles. The van der Waals surface area contributed by atoms with Gasteiger partial charge in [0.05, 0.1) is 6.17 Å². The number of ketones is 1. The highest BCUT2D eigenvalue weighted by molar-refractivity contribution is 5.83. The molecule has 3 unspecified atom stereocenters. The van der Waals surface area contributed by atoms with Gasteiger partial charge >= 0.3 is 6.03 Å². The standard InChI is InChI=1S/C19H35N5O3/c1-12-11-16(24-27)22-18(20-12)23-19(26)21-15-9-7-14(8-10-15)17(25)13-5-3-2-4-6-13/h12-16,18,20,22,24,27H,2-11H2,1H3,(H2,21,23,26). The number of carbonyl (C=O) groups excluding carboxylic acids is 2. The van der Waals surface area contributed by atoms with Gasteiger partial charge in [-0.1, -0.05) is 19.3 Å². The predicted molar refractivity (Wildman–Crippen MR) is 102 cm³/mol. The molecule has 0 radical (unpaired) electrons. The Hall–Kier alpha value is -1.22. The minimum absolute atomic E-state index is 0.119. The van der Waals surface area contributed by atoms with E-state index in [2.05, 4.69) is 26.7 Å². The minimum atomic E-state index is -0.400. The van der Waals surface area contributed by atoms with Gasteiger partial charge in [-0.15, -0.1) is 0 Å². The number of nitrogens with one attached hydrogen (secondary N) is 5. The number of hydrogen-bond acceptors (Lipinski definition) is 6. The molecule has 1 heterocycles. The lowest BCUT2D eigenvalue weighted by molar-refractivity contribution is -0.128. The summed E-state index contributed by atoms with van der Waals surface area (Å²) < 4.78 is 0. The fraction of sp³-hybridized carbons (Fsp3) is 0.895. The van der Waals surface area contributed by atoms with Crippen molar-refractivity contribution in [3.8, 4) is 0 Å². The van der Waals surface area contributed by atoms with Crippen LogP contribution in [-0.2, 0) is 4.79 Å². The molecule has 3 fully saturated rings. The van der Waals surface area contributed by atoms with Crippen molar-refractivity contribution in [3.63, 3.8) is 0 Å². The Balaban J connectivity index is 1.38. The van der Waals surface area contributed by atoms with Crippen LogP contribution in [0.2, 0.25) is 0 Å². The smallest absolute Gasteiger partial charge is 0.317 e. The molecule has 0 spiro atoms. The van der Waals surface area contributed by atoms with E-state index in [9.17, 15) is 9.59 Å². The lowest BCUT2D eigenvalue weighted by Crippen LogP contribution is -2.68. The van der Waals surface area contributed by atoms with Gasteiger partial charge in [0.25, 0.3) is 0 Å². The SMILES string of the molecule is CC1CC(NO)NC(NC(=O)NC2CCC(C(=O)C3CCCCC3)CC2)N1. The molecule has 1 aliphatic heterocycles. The van der Waals surface area contributed by atoms with E-state index in [1.165, 1.54) is 19.3 Å². The zero-order chi connectivity index (χ0) is 19.2. The van der Waals surface area contributed by atoms with E-state index >= 15 is 0 Å². The average molecular weight is 382 g/mol. The molecular weight excluding hydrogens is 346 g/mol. The van der Waals surface area contributed by atoms with Crippen molar-refractivity contribution < 1.29 is 14.8 Å². The third-order valence-corrected chi connectivity index (χ3v) is 6.31. The first-order valence-corrected chi connectivity index (χ1v) is 10.6. The molecular formula is C19H35N5O3. The molecule has 27 heavy (non-hydrogen) atoms. The van der Waals surface area contributed by atoms with Crippen molar-refractivity contribution in [1.82, 2.24) is 26.7 Å². The summed E-state index contributed by atoms with van der Waals surface area (Å²) in [6, 6.07) is 0.0588. The summed E-state index contributed by atoms with van der Waals surface area (Å²) >= 11 is 0. The van der Waals surface area contributed by atoms with Gasteiger partial charge in [0.15, 0.2) is 0 Å². The fourth-order valence-electron chi connectivity index (χ4n) is 4.80. The number of amides is 2. The third kappa shape index (κ3) is 5.88. The van der Waals surface area contributed by atoms with Crippen LogP contribution < -0.4 is 26.7 Å². The van der Waals surface area contributed by atoms with Crippen LogP contribution in [0, 0.1) is 11.8 Å². The molecule has 8 nitrogen and oxygen atoms in total. The Morgan fingerprint density at radius 3 is 2.22 bits per heavy atom. The second-order valence-corrected chi connectivity index (χ2v) is 8.49. The van der Waals surface area contributed by atoms with Crippen LogP contribution in [0.5, 0.6) is 0 Å². The maximum absolute atomic E-state index is 12.7. The topological polar surface area (TPSA) is 115 Å². The lowest BCUT2D eigenvalue weighted by atomic mass is 9.75. The van der Waals surface area contributed by atoms with Crippen LogP contribution in [0.25, 0.3) is 0 Å². The number of Topliss-reactive ketones (excluding diaryl/α,β-unsaturated/α-hetero) is 1. The summed E-state index contributed by atoms with van der Waals surface area (Å²) in [4.78, 5) is 25.0. The zero-order valence-corrected chi connectivity index (χ0v) is 16.3. The molecule has 0 aromatic heterocycles. The van der Waals surface area contributed by atoms with Gasteiger partial charge in [0.2, 0.25) is 0 Å². The first-order valence-electron chi connectivity index (χ1n) is 10.6. The number of carbonyl (C=O) groups is 2. The van der Waals surface area contributed by atoms with Gasteiger partial charge in [0.1, 0.15) is 12.1 Å². The highest BCUT2D eigenvalue weighted by Crippen LogP contribution is 2.32. The van der Waals surface area contributed by atoms with Crippen LogP contribution in [0.3, 0.4) is 0 Å². The predicted octanol–water partition coefficient (Wildman–Crippen LogP) is 1.55. The number of rotatable bonds is 5. The Kier molecular flexibility index (Phi) is 7.46. The van der Waals surface area contributed by atoms with E-state index in [-0.39, 0.29) is 36.1 Å². The summed E-state index contributed by atoms with van der Waals surface area (Å²) in [5.41, 5.74) is 2.21. The lowest BCUT2D eigenvalue weighted by Gasteiger charge is -2.36. The monoisotopic (exact) mass is 381 g/mol. The second-order valence-electron chi connectivity index (χ2n) is 8.49. The number of hydrogen-bond donors (Lipinski definition) is 6. The van der Waals surface area contributed by atoms with Crippen LogP contribution in [0.4, 0.5) is 4.79 Å². The molecule has 2 saturated carbocycles. The molecule has 0 aromatic rings. The van der Waals surface area contributed by atoms with Gasteiger partial charge in [-0.3, -0.25) is 15.4 Å². The summed E-state index contributed by atoms with van der Waals surface area (Å²) in [7, 11) is 0. The van der Waals surface area contributed by atoms with Crippen molar-refractivity contribution >= 4 is 11.8 Å². The first kappa shape index (κ1) is 20.5. The van der Waals surface area contributed by atoms with E-state index in [0.29, 0.717) is 5.78 Å². The zero-order valence-electron chi connectivity index (χ0n) is 16.3. The number of urea groups is 1. The van der Waals surface area contributed by atoms with Crippen molar-refractivity contribution in [3.05, 3.63) is 0 Å². The third-order valence-electron chi connectivity index (χ3n) is 6.31. The Morgan fingerprint density at radius 1 is 0.889 bits per heavy atom. The first-order chi connectivity index (χ1) is 13.0. The molecule has 6 N–H and O–H groups in total. The largest absolute Gasteiger partial charge is 0.335 e. The maximum atomic E-state index is 12.7. The molecule has 1 saturated heterocycles. The Labute approximate surface area is 161 Å². The van der Waals surface area contributed by atoms with Crippen molar-refractivity contribution in [2.45, 2.75) is 95.7 Å². The van der Waals surface area contributed by atoms with E-state index < -0.39 is 6.29 Å². The second kappa shape index (κ2) is 9.82.